The Kier molecular flexibility index (Phi) is 4.84. The van der Waals surface area contributed by atoms with Crippen LogP contribution in [-0.2, 0) is 0 Å². The van der Waals surface area contributed by atoms with Crippen LogP contribution >= 0.6 is 23.2 Å². The number of halogens is 3. The molecule has 1 unspecified atom stereocenters. The highest BCUT2D eigenvalue weighted by molar-refractivity contribution is 6.24. The third kappa shape index (κ3) is 3.49. The van der Waals surface area contributed by atoms with Crippen molar-refractivity contribution in [3.8, 4) is 0 Å². The Balaban J connectivity index is 2.15. The van der Waals surface area contributed by atoms with Gasteiger partial charge in [0.2, 0.25) is 0 Å². The molecule has 0 heterocycles. The van der Waals surface area contributed by atoms with Gasteiger partial charge in [0.1, 0.15) is 5.82 Å². The Labute approximate surface area is 123 Å². The number of hydrogen-bond donors (Lipinski definition) is 0. The predicted octanol–water partition coefficient (Wildman–Crippen LogP) is 5.72. The van der Waals surface area contributed by atoms with Crippen LogP contribution in [0.3, 0.4) is 0 Å². The lowest BCUT2D eigenvalue weighted by Gasteiger charge is -2.23. The average Bonchev–Trinajstić information content (AvgIpc) is 2.46. The average molecular weight is 297 g/mol. The Hall–Kier alpha value is -1.05. The smallest absolute Gasteiger partial charge is 0.123 e. The number of hydrogen-bond acceptors (Lipinski definition) is 0. The molecule has 0 N–H and O–H groups in total. The molecule has 0 radical (unpaired) electrons. The lowest BCUT2D eigenvalue weighted by Crippen LogP contribution is -2.10. The molecular formula is C16H15Cl2F. The van der Waals surface area contributed by atoms with E-state index in [0.717, 1.165) is 11.1 Å². The van der Waals surface area contributed by atoms with E-state index in [1.54, 1.807) is 12.1 Å². The highest BCUT2D eigenvalue weighted by atomic mass is 35.5. The summed E-state index contributed by atoms with van der Waals surface area (Å²) in [7, 11) is 0. The fourth-order valence-corrected chi connectivity index (χ4v) is 2.70. The van der Waals surface area contributed by atoms with Crippen LogP contribution in [0.2, 0.25) is 0 Å². The van der Waals surface area contributed by atoms with Gasteiger partial charge in [-0.1, -0.05) is 49.4 Å². The van der Waals surface area contributed by atoms with Crippen molar-refractivity contribution in [1.82, 2.24) is 0 Å². The SMILES string of the molecule is C[C@H](C(Cl)c1ccc(F)cc1)[C@@H](Cl)c1ccccc1. The third-order valence-electron chi connectivity index (χ3n) is 3.23. The maximum Gasteiger partial charge on any atom is 0.123 e. The standard InChI is InChI=1S/C16H15Cl2F/c1-11(15(17)12-5-3-2-4-6-12)16(18)13-7-9-14(19)10-8-13/h2-11,15-16H,1H3/t11-,15+,16?/m0/s1. The fraction of sp³-hybridized carbons (Fsp3) is 0.250. The molecule has 100 valence electrons. The van der Waals surface area contributed by atoms with Gasteiger partial charge in [-0.3, -0.25) is 0 Å². The van der Waals surface area contributed by atoms with Crippen molar-refractivity contribution in [2.45, 2.75) is 17.7 Å². The van der Waals surface area contributed by atoms with E-state index in [2.05, 4.69) is 0 Å². The van der Waals surface area contributed by atoms with Crippen LogP contribution in [0.1, 0.15) is 28.8 Å². The number of rotatable bonds is 4. The van der Waals surface area contributed by atoms with Crippen molar-refractivity contribution in [3.05, 3.63) is 71.5 Å². The summed E-state index contributed by atoms with van der Waals surface area (Å²) in [6, 6.07) is 16.1. The molecule has 0 aliphatic rings. The Morgan fingerprint density at radius 1 is 0.789 bits per heavy atom. The Morgan fingerprint density at radius 3 is 1.79 bits per heavy atom. The normalized spacial score (nSPS) is 15.8. The largest absolute Gasteiger partial charge is 0.207 e. The summed E-state index contributed by atoms with van der Waals surface area (Å²) in [5, 5.41) is -0.419. The molecule has 0 saturated carbocycles. The van der Waals surface area contributed by atoms with Crippen molar-refractivity contribution in [3.63, 3.8) is 0 Å². The molecule has 2 aromatic carbocycles. The molecule has 0 spiro atoms. The summed E-state index contributed by atoms with van der Waals surface area (Å²) < 4.78 is 12.9. The van der Waals surface area contributed by atoms with Gasteiger partial charge in [-0.15, -0.1) is 23.2 Å². The Morgan fingerprint density at radius 2 is 1.26 bits per heavy atom. The molecule has 2 rings (SSSR count). The zero-order chi connectivity index (χ0) is 13.8. The van der Waals surface area contributed by atoms with Gasteiger partial charge in [0, 0.05) is 0 Å². The molecule has 0 aromatic heterocycles. The van der Waals surface area contributed by atoms with Crippen LogP contribution in [0.4, 0.5) is 4.39 Å². The second-order valence-corrected chi connectivity index (χ2v) is 5.57. The lowest BCUT2D eigenvalue weighted by molar-refractivity contribution is 0.539. The van der Waals surface area contributed by atoms with E-state index in [4.69, 9.17) is 23.2 Å². The lowest BCUT2D eigenvalue weighted by atomic mass is 9.93. The van der Waals surface area contributed by atoms with Crippen LogP contribution in [-0.4, -0.2) is 0 Å². The zero-order valence-corrected chi connectivity index (χ0v) is 12.1. The van der Waals surface area contributed by atoms with E-state index in [0.29, 0.717) is 0 Å². The second kappa shape index (κ2) is 6.40. The maximum atomic E-state index is 12.9. The van der Waals surface area contributed by atoms with Gasteiger partial charge in [0.05, 0.1) is 10.8 Å². The topological polar surface area (TPSA) is 0 Å². The molecule has 2 aromatic rings. The minimum atomic E-state index is -0.259. The van der Waals surface area contributed by atoms with Gasteiger partial charge in [-0.05, 0) is 29.2 Å². The minimum absolute atomic E-state index is 0.0381. The van der Waals surface area contributed by atoms with Crippen molar-refractivity contribution in [2.24, 2.45) is 5.92 Å². The first-order valence-corrected chi connectivity index (χ1v) is 7.05. The van der Waals surface area contributed by atoms with Crippen LogP contribution in [0, 0.1) is 11.7 Å². The first-order valence-electron chi connectivity index (χ1n) is 6.18. The summed E-state index contributed by atoms with van der Waals surface area (Å²) in [6.07, 6.45) is 0. The third-order valence-corrected chi connectivity index (χ3v) is 4.53. The van der Waals surface area contributed by atoms with E-state index >= 15 is 0 Å². The number of alkyl halides is 2. The molecule has 3 heteroatoms. The predicted molar refractivity (Wildman–Crippen MR) is 79.2 cm³/mol. The summed E-state index contributed by atoms with van der Waals surface area (Å²) in [5.41, 5.74) is 1.93. The summed E-state index contributed by atoms with van der Waals surface area (Å²) >= 11 is 12.9. The Bertz CT molecular complexity index is 510. The highest BCUT2D eigenvalue weighted by Gasteiger charge is 2.25. The monoisotopic (exact) mass is 296 g/mol. The van der Waals surface area contributed by atoms with E-state index in [-0.39, 0.29) is 22.5 Å². The van der Waals surface area contributed by atoms with Gasteiger partial charge in [0.25, 0.3) is 0 Å². The van der Waals surface area contributed by atoms with Crippen molar-refractivity contribution in [2.75, 3.05) is 0 Å². The number of benzene rings is 2. The van der Waals surface area contributed by atoms with Crippen molar-refractivity contribution >= 4 is 23.2 Å². The molecular weight excluding hydrogens is 282 g/mol. The molecule has 3 atom stereocenters. The van der Waals surface area contributed by atoms with Gasteiger partial charge in [-0.2, -0.15) is 0 Å². The second-order valence-electron chi connectivity index (χ2n) is 4.62. The van der Waals surface area contributed by atoms with Gasteiger partial charge >= 0.3 is 0 Å². The molecule has 0 bridgehead atoms. The van der Waals surface area contributed by atoms with Gasteiger partial charge in [0.15, 0.2) is 0 Å². The summed E-state index contributed by atoms with van der Waals surface area (Å²) in [5.74, 6) is -0.220. The van der Waals surface area contributed by atoms with Crippen LogP contribution < -0.4 is 0 Å². The molecule has 19 heavy (non-hydrogen) atoms. The first-order chi connectivity index (χ1) is 9.09. The molecule has 0 fully saturated rings. The van der Waals surface area contributed by atoms with Crippen LogP contribution in [0.25, 0.3) is 0 Å². The quantitative estimate of drug-likeness (QED) is 0.633. The van der Waals surface area contributed by atoms with E-state index in [1.807, 2.05) is 37.3 Å². The van der Waals surface area contributed by atoms with E-state index in [9.17, 15) is 4.39 Å². The molecule has 0 amide bonds. The van der Waals surface area contributed by atoms with Crippen LogP contribution in [0.5, 0.6) is 0 Å². The van der Waals surface area contributed by atoms with E-state index in [1.165, 1.54) is 12.1 Å². The maximum absolute atomic E-state index is 12.9. The molecule has 0 saturated heterocycles. The summed E-state index contributed by atoms with van der Waals surface area (Å²) in [4.78, 5) is 0. The highest BCUT2D eigenvalue weighted by Crippen LogP contribution is 2.40. The molecule has 0 aliphatic carbocycles. The molecule has 0 nitrogen and oxygen atoms in total. The minimum Gasteiger partial charge on any atom is -0.207 e. The fourth-order valence-electron chi connectivity index (χ4n) is 2.04. The van der Waals surface area contributed by atoms with E-state index < -0.39 is 0 Å². The summed E-state index contributed by atoms with van der Waals surface area (Å²) in [6.45, 7) is 2.01. The zero-order valence-electron chi connectivity index (χ0n) is 10.6. The van der Waals surface area contributed by atoms with Crippen molar-refractivity contribution in [1.29, 1.82) is 0 Å². The first kappa shape index (κ1) is 14.4. The van der Waals surface area contributed by atoms with Crippen LogP contribution in [0.15, 0.2) is 54.6 Å². The van der Waals surface area contributed by atoms with Crippen molar-refractivity contribution < 1.29 is 4.39 Å². The molecule has 0 aliphatic heterocycles. The van der Waals surface area contributed by atoms with Gasteiger partial charge in [-0.25, -0.2) is 4.39 Å². The van der Waals surface area contributed by atoms with Gasteiger partial charge < -0.3 is 0 Å².